The largest absolute Gasteiger partial charge is 0.371 e. The van der Waals surface area contributed by atoms with Crippen LogP contribution in [-0.4, -0.2) is 19.0 Å². The van der Waals surface area contributed by atoms with E-state index in [1.165, 1.54) is 18.5 Å². The molecule has 1 saturated heterocycles. The Labute approximate surface area is 138 Å². The van der Waals surface area contributed by atoms with Crippen LogP contribution in [0.4, 0.5) is 11.4 Å². The second kappa shape index (κ2) is 6.86. The van der Waals surface area contributed by atoms with Gasteiger partial charge < -0.3 is 10.2 Å². The summed E-state index contributed by atoms with van der Waals surface area (Å²) < 4.78 is 0. The van der Waals surface area contributed by atoms with E-state index in [2.05, 4.69) is 29.3 Å². The predicted octanol–water partition coefficient (Wildman–Crippen LogP) is 4.48. The summed E-state index contributed by atoms with van der Waals surface area (Å²) in [6, 6.07) is 15.8. The van der Waals surface area contributed by atoms with Gasteiger partial charge in [-0.3, -0.25) is 4.79 Å². The highest BCUT2D eigenvalue weighted by Gasteiger charge is 2.16. The molecule has 0 saturated carbocycles. The molecule has 0 aliphatic carbocycles. The van der Waals surface area contributed by atoms with Gasteiger partial charge in [-0.25, -0.2) is 0 Å². The molecule has 1 fully saturated rings. The standard InChI is InChI=1S/C20H24N2O/c1-15-10-12-22(13-11-15)18-8-5-7-17(14-18)21-20(23)19-9-4-3-6-16(19)2/h3-9,14-15H,10-13H2,1-2H3,(H,21,23). The molecule has 1 heterocycles. The molecular formula is C20H24N2O. The molecule has 1 amide bonds. The number of anilines is 2. The van der Waals surface area contributed by atoms with Crippen LogP contribution in [0.25, 0.3) is 0 Å². The molecule has 3 heteroatoms. The SMILES string of the molecule is Cc1ccccc1C(=O)Nc1cccc(N2CCC(C)CC2)c1. The van der Waals surface area contributed by atoms with Gasteiger partial charge in [0.25, 0.3) is 5.91 Å². The Morgan fingerprint density at radius 3 is 2.57 bits per heavy atom. The van der Waals surface area contributed by atoms with Crippen LogP contribution in [0.2, 0.25) is 0 Å². The summed E-state index contributed by atoms with van der Waals surface area (Å²) >= 11 is 0. The quantitative estimate of drug-likeness (QED) is 0.906. The maximum absolute atomic E-state index is 12.4. The van der Waals surface area contributed by atoms with Crippen LogP contribution < -0.4 is 10.2 Å². The molecule has 0 radical (unpaired) electrons. The minimum Gasteiger partial charge on any atom is -0.371 e. The molecule has 23 heavy (non-hydrogen) atoms. The van der Waals surface area contributed by atoms with Crippen LogP contribution in [0.15, 0.2) is 48.5 Å². The molecule has 0 atom stereocenters. The number of carbonyl (C=O) groups excluding carboxylic acids is 1. The maximum atomic E-state index is 12.4. The molecule has 0 bridgehead atoms. The smallest absolute Gasteiger partial charge is 0.255 e. The fourth-order valence-corrected chi connectivity index (χ4v) is 3.07. The Morgan fingerprint density at radius 1 is 1.09 bits per heavy atom. The molecule has 1 aliphatic heterocycles. The number of rotatable bonds is 3. The van der Waals surface area contributed by atoms with Crippen LogP contribution in [0.5, 0.6) is 0 Å². The number of nitrogens with one attached hydrogen (secondary N) is 1. The molecule has 0 spiro atoms. The lowest BCUT2D eigenvalue weighted by molar-refractivity contribution is 0.102. The van der Waals surface area contributed by atoms with E-state index >= 15 is 0 Å². The normalized spacial score (nSPS) is 15.5. The van der Waals surface area contributed by atoms with E-state index < -0.39 is 0 Å². The Hall–Kier alpha value is -2.29. The summed E-state index contributed by atoms with van der Waals surface area (Å²) in [4.78, 5) is 14.8. The lowest BCUT2D eigenvalue weighted by atomic mass is 9.99. The third-order valence-corrected chi connectivity index (χ3v) is 4.64. The Balaban J connectivity index is 1.73. The van der Waals surface area contributed by atoms with Crippen LogP contribution >= 0.6 is 0 Å². The summed E-state index contributed by atoms with van der Waals surface area (Å²) in [7, 11) is 0. The minimum atomic E-state index is -0.0486. The van der Waals surface area contributed by atoms with Crippen molar-refractivity contribution in [2.45, 2.75) is 26.7 Å². The van der Waals surface area contributed by atoms with Gasteiger partial charge in [0.1, 0.15) is 0 Å². The van der Waals surface area contributed by atoms with Gasteiger partial charge >= 0.3 is 0 Å². The lowest BCUT2D eigenvalue weighted by Crippen LogP contribution is -2.32. The van der Waals surface area contributed by atoms with Crippen molar-refractivity contribution in [3.8, 4) is 0 Å². The molecule has 1 N–H and O–H groups in total. The van der Waals surface area contributed by atoms with Crippen molar-refractivity contribution in [2.24, 2.45) is 5.92 Å². The molecule has 3 rings (SSSR count). The van der Waals surface area contributed by atoms with Crippen molar-refractivity contribution < 1.29 is 4.79 Å². The maximum Gasteiger partial charge on any atom is 0.255 e. The summed E-state index contributed by atoms with van der Waals surface area (Å²) in [6.45, 7) is 6.46. The second-order valence-corrected chi connectivity index (χ2v) is 6.49. The molecular weight excluding hydrogens is 284 g/mol. The number of carbonyl (C=O) groups is 1. The van der Waals surface area contributed by atoms with Crippen molar-refractivity contribution in [1.82, 2.24) is 0 Å². The first kappa shape index (κ1) is 15.6. The number of piperidine rings is 1. The Kier molecular flexibility index (Phi) is 4.65. The van der Waals surface area contributed by atoms with E-state index in [4.69, 9.17) is 0 Å². The molecule has 0 unspecified atom stereocenters. The van der Waals surface area contributed by atoms with Gasteiger partial charge in [0, 0.05) is 30.0 Å². The zero-order chi connectivity index (χ0) is 16.2. The highest BCUT2D eigenvalue weighted by atomic mass is 16.1. The fourth-order valence-electron chi connectivity index (χ4n) is 3.07. The Morgan fingerprint density at radius 2 is 1.83 bits per heavy atom. The molecule has 1 aliphatic rings. The van der Waals surface area contributed by atoms with Gasteiger partial charge in [-0.05, 0) is 55.5 Å². The minimum absolute atomic E-state index is 0.0486. The zero-order valence-corrected chi connectivity index (χ0v) is 13.9. The Bertz CT molecular complexity index is 688. The fraction of sp³-hybridized carbons (Fsp3) is 0.350. The van der Waals surface area contributed by atoms with Crippen molar-refractivity contribution in [1.29, 1.82) is 0 Å². The highest BCUT2D eigenvalue weighted by Crippen LogP contribution is 2.25. The van der Waals surface area contributed by atoms with E-state index in [1.54, 1.807) is 0 Å². The van der Waals surface area contributed by atoms with Gasteiger partial charge in [-0.1, -0.05) is 31.2 Å². The van der Waals surface area contributed by atoms with E-state index in [-0.39, 0.29) is 5.91 Å². The van der Waals surface area contributed by atoms with Crippen LogP contribution in [0, 0.1) is 12.8 Å². The van der Waals surface area contributed by atoms with Crippen LogP contribution in [0.1, 0.15) is 35.7 Å². The molecule has 120 valence electrons. The first-order valence-corrected chi connectivity index (χ1v) is 8.35. The summed E-state index contributed by atoms with van der Waals surface area (Å²) in [5, 5.41) is 3.02. The summed E-state index contributed by atoms with van der Waals surface area (Å²) in [6.07, 6.45) is 2.47. The van der Waals surface area contributed by atoms with Gasteiger partial charge in [0.15, 0.2) is 0 Å². The second-order valence-electron chi connectivity index (χ2n) is 6.49. The predicted molar refractivity (Wildman–Crippen MR) is 96.2 cm³/mol. The van der Waals surface area contributed by atoms with E-state index in [9.17, 15) is 4.79 Å². The van der Waals surface area contributed by atoms with Crippen molar-refractivity contribution in [3.63, 3.8) is 0 Å². The van der Waals surface area contributed by atoms with Crippen LogP contribution in [-0.2, 0) is 0 Å². The highest BCUT2D eigenvalue weighted by molar-refractivity contribution is 6.05. The van der Waals surface area contributed by atoms with Gasteiger partial charge in [-0.15, -0.1) is 0 Å². The number of aryl methyl sites for hydroxylation is 1. The van der Waals surface area contributed by atoms with E-state index in [1.807, 2.05) is 43.3 Å². The van der Waals surface area contributed by atoms with Crippen molar-refractivity contribution in [3.05, 3.63) is 59.7 Å². The van der Waals surface area contributed by atoms with Gasteiger partial charge in [-0.2, -0.15) is 0 Å². The van der Waals surface area contributed by atoms with Crippen molar-refractivity contribution >= 4 is 17.3 Å². The summed E-state index contributed by atoms with van der Waals surface area (Å²) in [5.74, 6) is 0.766. The molecule has 3 nitrogen and oxygen atoms in total. The molecule has 2 aromatic carbocycles. The molecule has 2 aromatic rings. The van der Waals surface area contributed by atoms with E-state index in [0.29, 0.717) is 0 Å². The topological polar surface area (TPSA) is 32.3 Å². The first-order chi connectivity index (χ1) is 11.1. The average molecular weight is 308 g/mol. The summed E-state index contributed by atoms with van der Waals surface area (Å²) in [5.41, 5.74) is 3.77. The lowest BCUT2D eigenvalue weighted by Gasteiger charge is -2.32. The van der Waals surface area contributed by atoms with Gasteiger partial charge in [0.2, 0.25) is 0 Å². The van der Waals surface area contributed by atoms with E-state index in [0.717, 1.165) is 35.8 Å². The number of nitrogens with zero attached hydrogens (tertiary/aromatic N) is 1. The number of hydrogen-bond acceptors (Lipinski definition) is 2. The monoisotopic (exact) mass is 308 g/mol. The number of amides is 1. The number of hydrogen-bond donors (Lipinski definition) is 1. The first-order valence-electron chi connectivity index (χ1n) is 8.35. The molecule has 0 aromatic heterocycles. The van der Waals surface area contributed by atoms with Gasteiger partial charge in [0.05, 0.1) is 0 Å². The van der Waals surface area contributed by atoms with Crippen molar-refractivity contribution in [2.75, 3.05) is 23.3 Å². The third-order valence-electron chi connectivity index (χ3n) is 4.64. The average Bonchev–Trinajstić information content (AvgIpc) is 2.56. The van der Waals surface area contributed by atoms with Crippen LogP contribution in [0.3, 0.4) is 0 Å². The third kappa shape index (κ3) is 3.73. The number of benzene rings is 2. The zero-order valence-electron chi connectivity index (χ0n) is 13.9.